The van der Waals surface area contributed by atoms with E-state index in [0.29, 0.717) is 61.6 Å². The average Bonchev–Trinajstić information content (AvgIpc) is 3.51. The van der Waals surface area contributed by atoms with Gasteiger partial charge in [0.25, 0.3) is 5.56 Å². The number of fused-ring (bicyclic) bond motifs is 5. The summed E-state index contributed by atoms with van der Waals surface area (Å²) >= 11 is 0. The molecule has 2 aromatic heterocycles. The lowest BCUT2D eigenvalue weighted by Gasteiger charge is -2.31. The van der Waals surface area contributed by atoms with E-state index in [-0.39, 0.29) is 56.0 Å². The van der Waals surface area contributed by atoms with Crippen LogP contribution in [0.3, 0.4) is 0 Å². The first-order chi connectivity index (χ1) is 26.2. The molecule has 3 aromatic rings. The first-order valence-electron chi connectivity index (χ1n) is 19.2. The number of cyclic esters (lactones) is 1. The number of hydrogen-bond acceptors (Lipinski definition) is 11. The molecule has 7 rings (SSSR count). The van der Waals surface area contributed by atoms with E-state index in [1.165, 1.54) is 6.07 Å². The van der Waals surface area contributed by atoms with Gasteiger partial charge in [-0.2, -0.15) is 0 Å². The summed E-state index contributed by atoms with van der Waals surface area (Å²) in [4.78, 5) is 59.8. The number of aromatic nitrogens is 2. The summed E-state index contributed by atoms with van der Waals surface area (Å²) in [5.74, 6) is -1.48. The maximum absolute atomic E-state index is 15.4. The van der Waals surface area contributed by atoms with Crippen LogP contribution in [0.25, 0.3) is 22.3 Å². The van der Waals surface area contributed by atoms with Crippen LogP contribution in [-0.2, 0) is 53.7 Å². The van der Waals surface area contributed by atoms with Gasteiger partial charge in [0.1, 0.15) is 18.0 Å². The van der Waals surface area contributed by atoms with Gasteiger partial charge in [0.2, 0.25) is 5.91 Å². The molecule has 296 valence electrons. The molecule has 1 unspecified atom stereocenters. The highest BCUT2D eigenvalue weighted by Crippen LogP contribution is 2.46. The SMILES string of the molecule is CC[C@@]1(O)C(=O)OCc2c1cc1n(c2=O)Cc2c-1nc1cc(F)c(C)c3c1c2[C@@H](NC(=O)CN(CCNC(=O)OC(C)(C)C)CCOC1CCCCO1)CC3. The Bertz CT molecular complexity index is 2090. The standard InChI is InChI=1S/C40H50FN5O9/c1-6-40(51)26-17-30-35-24(19-46(30)36(48)25(26)21-54-37(40)49)34-28(11-10-23-22(2)27(41)18-29(44-35)33(23)34)43-31(47)20-45(13-12-42-38(50)55-39(3,4)5)14-16-53-32-9-7-8-15-52-32/h17-18,28,32,51H,6-16,19-21H2,1-5H3,(H,42,50)(H,43,47)/t28-,32?,40-/m0/s1. The molecule has 14 nitrogen and oxygen atoms in total. The molecule has 0 spiro atoms. The molecule has 2 amide bonds. The molecule has 1 fully saturated rings. The van der Waals surface area contributed by atoms with Crippen LogP contribution in [0.2, 0.25) is 0 Å². The van der Waals surface area contributed by atoms with Gasteiger partial charge < -0.3 is 39.3 Å². The summed E-state index contributed by atoms with van der Waals surface area (Å²) in [5, 5.41) is 18.1. The number of esters is 1. The van der Waals surface area contributed by atoms with Crippen LogP contribution in [0.5, 0.6) is 0 Å². The van der Waals surface area contributed by atoms with Crippen molar-refractivity contribution in [3.63, 3.8) is 0 Å². The Hall–Kier alpha value is -4.44. The second-order valence-electron chi connectivity index (χ2n) is 15.8. The highest BCUT2D eigenvalue weighted by molar-refractivity contribution is 5.94. The summed E-state index contributed by atoms with van der Waals surface area (Å²) < 4.78 is 39.2. The number of ether oxygens (including phenoxy) is 4. The molecule has 55 heavy (non-hydrogen) atoms. The zero-order chi connectivity index (χ0) is 39.2. The number of carbonyl (C=O) groups excluding carboxylic acids is 3. The molecule has 3 N–H and O–H groups in total. The fourth-order valence-electron chi connectivity index (χ4n) is 8.20. The van der Waals surface area contributed by atoms with E-state index in [1.54, 1.807) is 45.3 Å². The summed E-state index contributed by atoms with van der Waals surface area (Å²) in [5.41, 5.74) is 1.38. The first-order valence-corrected chi connectivity index (χ1v) is 19.2. The number of aliphatic hydroxyl groups is 1. The van der Waals surface area contributed by atoms with Crippen LogP contribution in [0.4, 0.5) is 9.18 Å². The third-order valence-electron chi connectivity index (χ3n) is 11.0. The number of amides is 2. The van der Waals surface area contributed by atoms with E-state index in [4.69, 9.17) is 23.9 Å². The minimum Gasteiger partial charge on any atom is -0.458 e. The predicted molar refractivity (Wildman–Crippen MR) is 199 cm³/mol. The lowest BCUT2D eigenvalue weighted by atomic mass is 9.81. The number of carbonyl (C=O) groups is 3. The number of nitrogens with zero attached hydrogens (tertiary/aromatic N) is 3. The summed E-state index contributed by atoms with van der Waals surface area (Å²) in [6, 6.07) is 2.52. The summed E-state index contributed by atoms with van der Waals surface area (Å²) in [6.45, 7) is 10.6. The lowest BCUT2D eigenvalue weighted by molar-refractivity contribution is -0.172. The van der Waals surface area contributed by atoms with Crippen molar-refractivity contribution in [3.05, 3.63) is 61.7 Å². The maximum Gasteiger partial charge on any atom is 0.407 e. The van der Waals surface area contributed by atoms with E-state index >= 15 is 4.39 Å². The molecule has 15 heteroatoms. The van der Waals surface area contributed by atoms with Gasteiger partial charge in [0.15, 0.2) is 11.9 Å². The van der Waals surface area contributed by atoms with Crippen LogP contribution < -0.4 is 16.2 Å². The number of nitrogens with one attached hydrogen (secondary N) is 2. The number of alkyl carbamates (subject to hydrolysis) is 1. The highest BCUT2D eigenvalue weighted by atomic mass is 19.1. The monoisotopic (exact) mass is 763 g/mol. The Morgan fingerprint density at radius 1 is 1.15 bits per heavy atom. The van der Waals surface area contributed by atoms with Crippen LogP contribution in [0.1, 0.15) is 99.2 Å². The number of rotatable bonds is 11. The van der Waals surface area contributed by atoms with Gasteiger partial charge in [-0.1, -0.05) is 6.92 Å². The molecular formula is C40H50FN5O9. The van der Waals surface area contributed by atoms with Crippen LogP contribution >= 0.6 is 0 Å². The first kappa shape index (κ1) is 38.8. The summed E-state index contributed by atoms with van der Waals surface area (Å²) in [6.07, 6.45) is 2.98. The molecule has 1 saturated heterocycles. The van der Waals surface area contributed by atoms with Gasteiger partial charge in [0, 0.05) is 48.8 Å². The quantitative estimate of drug-likeness (QED) is 0.189. The van der Waals surface area contributed by atoms with Gasteiger partial charge in [0.05, 0.1) is 48.2 Å². The van der Waals surface area contributed by atoms with Crippen LogP contribution in [0, 0.1) is 12.7 Å². The van der Waals surface area contributed by atoms with Gasteiger partial charge in [-0.25, -0.2) is 19.0 Å². The van der Waals surface area contributed by atoms with Gasteiger partial charge >= 0.3 is 12.1 Å². The van der Waals surface area contributed by atoms with Crippen molar-refractivity contribution in [1.29, 1.82) is 0 Å². The average molecular weight is 764 g/mol. The molecule has 3 aliphatic heterocycles. The largest absolute Gasteiger partial charge is 0.458 e. The Morgan fingerprint density at radius 2 is 1.95 bits per heavy atom. The maximum atomic E-state index is 15.4. The second kappa shape index (κ2) is 15.2. The van der Waals surface area contributed by atoms with Crippen molar-refractivity contribution in [1.82, 2.24) is 25.1 Å². The van der Waals surface area contributed by atoms with E-state index in [2.05, 4.69) is 10.6 Å². The zero-order valence-corrected chi connectivity index (χ0v) is 32.1. The third-order valence-corrected chi connectivity index (χ3v) is 11.0. The van der Waals surface area contributed by atoms with Crippen molar-refractivity contribution in [2.24, 2.45) is 0 Å². The smallest absolute Gasteiger partial charge is 0.407 e. The Kier molecular flexibility index (Phi) is 10.8. The van der Waals surface area contributed by atoms with Gasteiger partial charge in [-0.15, -0.1) is 0 Å². The van der Waals surface area contributed by atoms with E-state index < -0.39 is 40.7 Å². The van der Waals surface area contributed by atoms with Crippen molar-refractivity contribution < 1.29 is 42.8 Å². The fraction of sp³-hybridized carbons (Fsp3) is 0.575. The second-order valence-corrected chi connectivity index (χ2v) is 15.8. The zero-order valence-electron chi connectivity index (χ0n) is 32.1. The Balaban J connectivity index is 1.18. The molecule has 0 radical (unpaired) electrons. The van der Waals surface area contributed by atoms with E-state index in [0.717, 1.165) is 41.3 Å². The number of hydrogen-bond donors (Lipinski definition) is 3. The molecule has 3 atom stereocenters. The lowest BCUT2D eigenvalue weighted by Crippen LogP contribution is -2.44. The predicted octanol–water partition coefficient (Wildman–Crippen LogP) is 4.00. The Morgan fingerprint density at radius 3 is 2.67 bits per heavy atom. The van der Waals surface area contributed by atoms with Crippen molar-refractivity contribution in [3.8, 4) is 11.4 Å². The number of pyridine rings is 2. The van der Waals surface area contributed by atoms with Crippen LogP contribution in [0.15, 0.2) is 16.9 Å². The molecule has 0 bridgehead atoms. The number of aryl methyl sites for hydroxylation is 1. The van der Waals surface area contributed by atoms with Crippen LogP contribution in [-0.4, -0.2) is 88.8 Å². The van der Waals surface area contributed by atoms with Gasteiger partial charge in [-0.3, -0.25) is 14.5 Å². The summed E-state index contributed by atoms with van der Waals surface area (Å²) in [7, 11) is 0. The molecular weight excluding hydrogens is 713 g/mol. The minimum absolute atomic E-state index is 0.00149. The molecule has 5 heterocycles. The minimum atomic E-state index is -1.99. The number of halogens is 1. The fourth-order valence-corrected chi connectivity index (χ4v) is 8.20. The molecule has 1 aromatic carbocycles. The molecule has 4 aliphatic rings. The number of benzene rings is 1. The highest BCUT2D eigenvalue weighted by Gasteiger charge is 2.46. The Labute approximate surface area is 318 Å². The van der Waals surface area contributed by atoms with E-state index in [9.17, 15) is 24.3 Å². The van der Waals surface area contributed by atoms with Crippen molar-refractivity contribution >= 4 is 28.9 Å². The van der Waals surface area contributed by atoms with Crippen molar-refractivity contribution in [2.75, 3.05) is 39.4 Å². The third kappa shape index (κ3) is 7.59. The van der Waals surface area contributed by atoms with E-state index in [1.807, 2.05) is 4.90 Å². The molecule has 0 saturated carbocycles. The van der Waals surface area contributed by atoms with Crippen molar-refractivity contribution in [2.45, 2.75) is 110 Å². The normalized spacial score (nSPS) is 21.5. The topological polar surface area (TPSA) is 171 Å². The molecule has 1 aliphatic carbocycles. The van der Waals surface area contributed by atoms with Gasteiger partial charge in [-0.05, 0) is 89.0 Å².